The minimum atomic E-state index is -0.735. The van der Waals surface area contributed by atoms with Crippen LogP contribution in [0.15, 0.2) is 243 Å². The molecule has 0 aliphatic heterocycles. The van der Waals surface area contributed by atoms with Crippen LogP contribution in [0.4, 0.5) is 0 Å². The molecule has 96 heavy (non-hydrogen) atoms. The summed E-state index contributed by atoms with van der Waals surface area (Å²) in [6, 6.07) is 58.1. The van der Waals surface area contributed by atoms with Gasteiger partial charge in [0.2, 0.25) is 0 Å². The summed E-state index contributed by atoms with van der Waals surface area (Å²) in [7, 11) is 0. The Morgan fingerprint density at radius 2 is 0.531 bits per heavy atom. The van der Waals surface area contributed by atoms with E-state index in [1.807, 2.05) is 60.7 Å². The zero-order valence-corrected chi connectivity index (χ0v) is 52.2. The number of rotatable bonds is 27. The molecule has 18 nitrogen and oxygen atoms in total. The van der Waals surface area contributed by atoms with Crippen molar-refractivity contribution in [3.63, 3.8) is 0 Å². The first kappa shape index (κ1) is 66.5. The summed E-state index contributed by atoms with van der Waals surface area (Å²) in [5, 5.41) is 2.99. The number of hydrogen-bond acceptors (Lipinski definition) is 18. The fourth-order valence-corrected chi connectivity index (χ4v) is 9.55. The van der Waals surface area contributed by atoms with E-state index in [1.54, 1.807) is 74.5 Å². The molecule has 0 saturated heterocycles. The monoisotopic (exact) mass is 1290 g/mol. The number of fused-ring (bicyclic) bond motifs is 2. The van der Waals surface area contributed by atoms with Crippen LogP contribution in [0.5, 0.6) is 46.0 Å². The first-order valence-electron chi connectivity index (χ1n) is 30.4. The Bertz CT molecular complexity index is 4240. The molecule has 18 heteroatoms. The average molecular weight is 1290 g/mol. The standard InChI is InChI=1S/C78H62O18/c1-49(2)71(79)89-47-11-9-45-87-59-31-17-53(18-32-59)73(81)91-61-35-21-55(22-36-61)75(83)93-63-39-25-57(26-40-63)77(85)95-67-43-29-51-13-5-7-15-65(51)69(67)70-66-16-8-6-14-52(66)30-44-68(70)96-78(86)58-27-41-64(42-28-58)94-76(84)56-23-37-62(38-24-56)92-74(82)54-19-33-60(34-20-54)88-46-10-12-48-90-72(80)50(3)4/h5-8,13-44H,1,3,9-12,45-48H2,2,4H3. The Labute approximate surface area is 551 Å². The highest BCUT2D eigenvalue weighted by molar-refractivity contribution is 6.11. The summed E-state index contributed by atoms with van der Waals surface area (Å²) >= 11 is 0. The minimum absolute atomic E-state index is 0.131. The van der Waals surface area contributed by atoms with Gasteiger partial charge >= 0.3 is 47.8 Å². The molecule has 10 aromatic rings. The van der Waals surface area contributed by atoms with E-state index >= 15 is 0 Å². The highest BCUT2D eigenvalue weighted by atomic mass is 16.6. The van der Waals surface area contributed by atoms with E-state index in [4.69, 9.17) is 47.4 Å². The fourth-order valence-electron chi connectivity index (χ4n) is 9.55. The summed E-state index contributed by atoms with van der Waals surface area (Å²) in [5.74, 6) is -2.92. The normalized spacial score (nSPS) is 10.7. The molecule has 0 aromatic heterocycles. The molecule has 0 unspecified atom stereocenters. The first-order chi connectivity index (χ1) is 46.5. The van der Waals surface area contributed by atoms with Gasteiger partial charge in [0.1, 0.15) is 46.0 Å². The third-order valence-electron chi connectivity index (χ3n) is 14.6. The summed E-state index contributed by atoms with van der Waals surface area (Å²) < 4.78 is 56.3. The molecule has 0 aliphatic carbocycles. The lowest BCUT2D eigenvalue weighted by Gasteiger charge is -2.19. The van der Waals surface area contributed by atoms with Crippen molar-refractivity contribution in [2.24, 2.45) is 0 Å². The maximum atomic E-state index is 14.1. The van der Waals surface area contributed by atoms with Gasteiger partial charge in [0, 0.05) is 22.3 Å². The molecule has 0 radical (unpaired) electrons. The topological polar surface area (TPSA) is 229 Å². The lowest BCUT2D eigenvalue weighted by molar-refractivity contribution is -0.139. The Morgan fingerprint density at radius 3 is 0.812 bits per heavy atom. The number of esters is 8. The predicted octanol–water partition coefficient (Wildman–Crippen LogP) is 15.5. The Morgan fingerprint density at radius 1 is 0.281 bits per heavy atom. The number of carbonyl (C=O) groups excluding carboxylic acids is 8. The maximum absolute atomic E-state index is 14.1. The number of unbranched alkanes of at least 4 members (excludes halogenated alkanes) is 2. The van der Waals surface area contributed by atoms with E-state index in [0.717, 1.165) is 10.8 Å². The number of ether oxygens (including phenoxy) is 10. The van der Waals surface area contributed by atoms with E-state index in [0.29, 0.717) is 83.4 Å². The van der Waals surface area contributed by atoms with E-state index < -0.39 is 47.8 Å². The molecular formula is C78H62O18. The number of hydrogen-bond donors (Lipinski definition) is 0. The van der Waals surface area contributed by atoms with Crippen molar-refractivity contribution in [1.82, 2.24) is 0 Å². The van der Waals surface area contributed by atoms with Crippen molar-refractivity contribution in [3.05, 3.63) is 276 Å². The van der Waals surface area contributed by atoms with Crippen LogP contribution in [0.1, 0.15) is 102 Å². The van der Waals surface area contributed by atoms with Crippen LogP contribution < -0.4 is 37.9 Å². The summed E-state index contributed by atoms with van der Waals surface area (Å²) in [6.07, 6.45) is 2.53. The molecule has 0 heterocycles. The second-order valence-corrected chi connectivity index (χ2v) is 21.7. The van der Waals surface area contributed by atoms with Crippen molar-refractivity contribution < 1.29 is 85.7 Å². The van der Waals surface area contributed by atoms with Crippen LogP contribution in [0.3, 0.4) is 0 Å². The van der Waals surface area contributed by atoms with Gasteiger partial charge in [-0.15, -0.1) is 0 Å². The van der Waals surface area contributed by atoms with E-state index in [2.05, 4.69) is 13.2 Å². The van der Waals surface area contributed by atoms with Gasteiger partial charge in [0.15, 0.2) is 0 Å². The number of carbonyl (C=O) groups is 8. The summed E-state index contributed by atoms with van der Waals surface area (Å²) in [5.41, 5.74) is 2.75. The Hall–Kier alpha value is -12.4. The lowest BCUT2D eigenvalue weighted by atomic mass is 9.92. The number of benzene rings is 10. The van der Waals surface area contributed by atoms with Gasteiger partial charge in [-0.3, -0.25) is 0 Å². The zero-order chi connectivity index (χ0) is 67.5. The Kier molecular flexibility index (Phi) is 22.0. The largest absolute Gasteiger partial charge is 0.494 e. The van der Waals surface area contributed by atoms with Crippen LogP contribution in [0, 0.1) is 0 Å². The van der Waals surface area contributed by atoms with Crippen LogP contribution in [0.2, 0.25) is 0 Å². The minimum Gasteiger partial charge on any atom is -0.494 e. The average Bonchev–Trinajstić information content (AvgIpc) is 0.752. The van der Waals surface area contributed by atoms with Gasteiger partial charge in [-0.1, -0.05) is 73.8 Å². The predicted molar refractivity (Wildman–Crippen MR) is 356 cm³/mol. The van der Waals surface area contributed by atoms with Crippen molar-refractivity contribution in [3.8, 4) is 57.1 Å². The van der Waals surface area contributed by atoms with Crippen molar-refractivity contribution >= 4 is 69.3 Å². The van der Waals surface area contributed by atoms with E-state index in [9.17, 15) is 38.4 Å². The molecule has 0 spiro atoms. The molecule has 10 rings (SSSR count). The van der Waals surface area contributed by atoms with E-state index in [1.165, 1.54) is 97.1 Å². The fraction of sp³-hybridized carbons (Fsp3) is 0.128. The lowest BCUT2D eigenvalue weighted by Crippen LogP contribution is -2.12. The second kappa shape index (κ2) is 31.7. The molecule has 0 amide bonds. The van der Waals surface area contributed by atoms with Crippen LogP contribution in [0.25, 0.3) is 32.7 Å². The van der Waals surface area contributed by atoms with Gasteiger partial charge in [-0.05, 0) is 219 Å². The highest BCUT2D eigenvalue weighted by Crippen LogP contribution is 2.46. The molecule has 0 aliphatic rings. The SMILES string of the molecule is C=C(C)C(=O)OCCCCOc1ccc(C(=O)Oc2ccc(C(=O)Oc3ccc(C(=O)Oc4ccc5ccccc5c4-c4c(OC(=O)c5ccc(OC(=O)c6ccc(OC(=O)c7ccc(OCCCCOC(=O)C(=C)C)cc7)cc6)cc5)ccc5ccccc45)cc3)cc2)cc1. The molecule has 10 aromatic carbocycles. The third kappa shape index (κ3) is 17.6. The van der Waals surface area contributed by atoms with Gasteiger partial charge < -0.3 is 47.4 Å². The van der Waals surface area contributed by atoms with Crippen molar-refractivity contribution in [1.29, 1.82) is 0 Å². The van der Waals surface area contributed by atoms with E-state index in [-0.39, 0.29) is 81.1 Å². The molecule has 0 N–H and O–H groups in total. The summed E-state index contributed by atoms with van der Waals surface area (Å²) in [6.45, 7) is 11.6. The van der Waals surface area contributed by atoms with Crippen LogP contribution in [-0.2, 0) is 19.1 Å². The first-order valence-corrected chi connectivity index (χ1v) is 30.4. The van der Waals surface area contributed by atoms with Crippen molar-refractivity contribution in [2.45, 2.75) is 39.5 Å². The molecule has 0 saturated carbocycles. The molecule has 482 valence electrons. The second-order valence-electron chi connectivity index (χ2n) is 21.7. The smallest absolute Gasteiger partial charge is 0.343 e. The van der Waals surface area contributed by atoms with Crippen LogP contribution in [-0.4, -0.2) is 74.2 Å². The third-order valence-corrected chi connectivity index (χ3v) is 14.6. The molecule has 0 bridgehead atoms. The zero-order valence-electron chi connectivity index (χ0n) is 52.2. The maximum Gasteiger partial charge on any atom is 0.343 e. The molecule has 0 atom stereocenters. The Balaban J connectivity index is 0.738. The molecule has 0 fully saturated rings. The summed E-state index contributed by atoms with van der Waals surface area (Å²) in [4.78, 5) is 104. The quantitative estimate of drug-likeness (QED) is 0.0202. The van der Waals surface area contributed by atoms with Crippen molar-refractivity contribution in [2.75, 3.05) is 26.4 Å². The van der Waals surface area contributed by atoms with Gasteiger partial charge in [-0.25, -0.2) is 38.4 Å². The van der Waals surface area contributed by atoms with Crippen LogP contribution >= 0.6 is 0 Å². The molecular weight excluding hydrogens is 1220 g/mol. The van der Waals surface area contributed by atoms with Gasteiger partial charge in [0.05, 0.1) is 59.8 Å². The highest BCUT2D eigenvalue weighted by Gasteiger charge is 2.24. The van der Waals surface area contributed by atoms with Gasteiger partial charge in [0.25, 0.3) is 0 Å². The van der Waals surface area contributed by atoms with Gasteiger partial charge in [-0.2, -0.15) is 0 Å².